The van der Waals surface area contributed by atoms with E-state index >= 15 is 0 Å². The minimum Gasteiger partial charge on any atom is -0.192 e. The van der Waals surface area contributed by atoms with Gasteiger partial charge in [-0.25, -0.2) is 0 Å². The van der Waals surface area contributed by atoms with Crippen molar-refractivity contribution < 1.29 is 0 Å². The fraction of sp³-hybridized carbons (Fsp3) is 0.133. The van der Waals surface area contributed by atoms with Gasteiger partial charge in [0.05, 0.1) is 10.6 Å². The Balaban J connectivity index is 2.41. The summed E-state index contributed by atoms with van der Waals surface area (Å²) in [5.41, 5.74) is 3.00. The van der Waals surface area contributed by atoms with E-state index in [-0.39, 0.29) is 0 Å². The van der Waals surface area contributed by atoms with Crippen LogP contribution in [0.3, 0.4) is 0 Å². The first-order valence-electron chi connectivity index (χ1n) is 5.55. The Bertz CT molecular complexity index is 629. The van der Waals surface area contributed by atoms with E-state index in [4.69, 9.17) is 16.9 Å². The fourth-order valence-electron chi connectivity index (χ4n) is 1.73. The third-order valence-electron chi connectivity index (χ3n) is 2.64. The molecule has 2 aromatic rings. The smallest absolute Gasteiger partial charge is 0.102 e. The van der Waals surface area contributed by atoms with Crippen LogP contribution in [0.4, 0.5) is 0 Å². The number of nitriles is 1. The highest BCUT2D eigenvalue weighted by atomic mass is 35.5. The normalized spacial score (nSPS) is 10.1. The van der Waals surface area contributed by atoms with E-state index in [0.717, 1.165) is 9.79 Å². The molecule has 18 heavy (non-hydrogen) atoms. The van der Waals surface area contributed by atoms with Crippen molar-refractivity contribution in [3.63, 3.8) is 0 Å². The number of aryl methyl sites for hydroxylation is 2. The van der Waals surface area contributed by atoms with Crippen molar-refractivity contribution in [3.05, 3.63) is 58.1 Å². The van der Waals surface area contributed by atoms with Crippen LogP contribution < -0.4 is 0 Å². The molecule has 0 atom stereocenters. The maximum absolute atomic E-state index is 9.14. The van der Waals surface area contributed by atoms with Crippen molar-refractivity contribution in [1.29, 1.82) is 5.26 Å². The van der Waals surface area contributed by atoms with E-state index < -0.39 is 0 Å². The lowest BCUT2D eigenvalue weighted by atomic mass is 10.2. The Morgan fingerprint density at radius 2 is 1.89 bits per heavy atom. The second kappa shape index (κ2) is 5.48. The molecule has 0 saturated heterocycles. The summed E-state index contributed by atoms with van der Waals surface area (Å²) < 4.78 is 0. The first kappa shape index (κ1) is 13.0. The van der Waals surface area contributed by atoms with Gasteiger partial charge >= 0.3 is 0 Å². The highest BCUT2D eigenvalue weighted by molar-refractivity contribution is 7.99. The van der Waals surface area contributed by atoms with Gasteiger partial charge in [0.1, 0.15) is 6.07 Å². The van der Waals surface area contributed by atoms with Crippen LogP contribution in [0.15, 0.2) is 46.2 Å². The van der Waals surface area contributed by atoms with Crippen LogP contribution >= 0.6 is 23.4 Å². The molecule has 90 valence electrons. The Hall–Kier alpha value is -1.43. The molecule has 0 unspecified atom stereocenters. The third kappa shape index (κ3) is 2.69. The summed E-state index contributed by atoms with van der Waals surface area (Å²) in [6, 6.07) is 14.0. The number of hydrogen-bond acceptors (Lipinski definition) is 2. The Labute approximate surface area is 116 Å². The molecular weight excluding hydrogens is 262 g/mol. The van der Waals surface area contributed by atoms with Gasteiger partial charge in [0.2, 0.25) is 0 Å². The standard InChI is InChI=1S/C15H12ClNS/c1-10-6-7-14(11(2)8-10)18-15-5-3-4-13(16)12(15)9-17/h3-8H,1-2H3. The van der Waals surface area contributed by atoms with E-state index in [1.54, 1.807) is 17.8 Å². The van der Waals surface area contributed by atoms with E-state index in [1.165, 1.54) is 11.1 Å². The summed E-state index contributed by atoms with van der Waals surface area (Å²) in [6.07, 6.45) is 0. The Morgan fingerprint density at radius 3 is 2.56 bits per heavy atom. The summed E-state index contributed by atoms with van der Waals surface area (Å²) in [4.78, 5) is 2.05. The number of halogens is 1. The third-order valence-corrected chi connectivity index (χ3v) is 4.19. The lowest BCUT2D eigenvalue weighted by Gasteiger charge is -2.08. The van der Waals surface area contributed by atoms with Gasteiger partial charge in [-0.3, -0.25) is 0 Å². The highest BCUT2D eigenvalue weighted by Crippen LogP contribution is 2.35. The zero-order valence-electron chi connectivity index (χ0n) is 10.2. The van der Waals surface area contributed by atoms with Gasteiger partial charge in [-0.05, 0) is 37.6 Å². The second-order valence-corrected chi connectivity index (χ2v) is 5.59. The average Bonchev–Trinajstić information content (AvgIpc) is 2.33. The van der Waals surface area contributed by atoms with Crippen LogP contribution in [0, 0.1) is 25.2 Å². The van der Waals surface area contributed by atoms with Gasteiger partial charge in [0.25, 0.3) is 0 Å². The zero-order valence-corrected chi connectivity index (χ0v) is 11.8. The average molecular weight is 274 g/mol. The number of benzene rings is 2. The lowest BCUT2D eigenvalue weighted by molar-refractivity contribution is 1.25. The van der Waals surface area contributed by atoms with Gasteiger partial charge in [0, 0.05) is 9.79 Å². The molecule has 0 radical (unpaired) electrons. The first-order chi connectivity index (χ1) is 8.61. The van der Waals surface area contributed by atoms with Gasteiger partial charge in [-0.15, -0.1) is 0 Å². The van der Waals surface area contributed by atoms with Crippen LogP contribution in [-0.2, 0) is 0 Å². The molecule has 0 aliphatic heterocycles. The molecule has 0 amide bonds. The lowest BCUT2D eigenvalue weighted by Crippen LogP contribution is -1.85. The molecule has 0 N–H and O–H groups in total. The summed E-state index contributed by atoms with van der Waals surface area (Å²) in [5.74, 6) is 0. The predicted octanol–water partition coefficient (Wildman–Crippen LogP) is 4.98. The van der Waals surface area contributed by atoms with E-state index in [1.807, 2.05) is 12.1 Å². The summed E-state index contributed by atoms with van der Waals surface area (Å²) in [6.45, 7) is 4.15. The molecule has 0 aliphatic rings. The van der Waals surface area contributed by atoms with E-state index in [9.17, 15) is 0 Å². The van der Waals surface area contributed by atoms with Crippen LogP contribution in [0.25, 0.3) is 0 Å². The number of rotatable bonds is 2. The van der Waals surface area contributed by atoms with Gasteiger partial charge in [0.15, 0.2) is 0 Å². The molecule has 0 saturated carbocycles. The van der Waals surface area contributed by atoms with Crippen molar-refractivity contribution >= 4 is 23.4 Å². The molecule has 0 bridgehead atoms. The van der Waals surface area contributed by atoms with Gasteiger partial charge < -0.3 is 0 Å². The van der Waals surface area contributed by atoms with Crippen molar-refractivity contribution in [1.82, 2.24) is 0 Å². The molecule has 0 aromatic heterocycles. The largest absolute Gasteiger partial charge is 0.192 e. The molecule has 0 fully saturated rings. The van der Waals surface area contributed by atoms with Crippen molar-refractivity contribution in [2.24, 2.45) is 0 Å². The molecular formula is C15H12ClNS. The summed E-state index contributed by atoms with van der Waals surface area (Å²) in [7, 11) is 0. The zero-order chi connectivity index (χ0) is 13.1. The van der Waals surface area contributed by atoms with Crippen LogP contribution in [0.2, 0.25) is 5.02 Å². The maximum Gasteiger partial charge on any atom is 0.102 e. The molecule has 2 aromatic carbocycles. The maximum atomic E-state index is 9.14. The Morgan fingerprint density at radius 1 is 1.11 bits per heavy atom. The molecule has 0 heterocycles. The van der Waals surface area contributed by atoms with Crippen LogP contribution in [0.5, 0.6) is 0 Å². The minimum atomic E-state index is 0.507. The molecule has 0 spiro atoms. The predicted molar refractivity (Wildman–Crippen MR) is 76.2 cm³/mol. The van der Waals surface area contributed by atoms with E-state index in [2.05, 4.69) is 38.1 Å². The summed E-state index contributed by atoms with van der Waals surface area (Å²) >= 11 is 7.61. The minimum absolute atomic E-state index is 0.507. The van der Waals surface area contributed by atoms with Crippen molar-refractivity contribution in [3.8, 4) is 6.07 Å². The molecule has 0 aliphatic carbocycles. The van der Waals surface area contributed by atoms with Crippen LogP contribution in [-0.4, -0.2) is 0 Å². The van der Waals surface area contributed by atoms with Crippen molar-refractivity contribution in [2.75, 3.05) is 0 Å². The highest BCUT2D eigenvalue weighted by Gasteiger charge is 2.09. The van der Waals surface area contributed by atoms with Crippen molar-refractivity contribution in [2.45, 2.75) is 23.6 Å². The SMILES string of the molecule is Cc1ccc(Sc2cccc(Cl)c2C#N)c(C)c1. The molecule has 2 rings (SSSR count). The number of nitrogens with zero attached hydrogens (tertiary/aromatic N) is 1. The second-order valence-electron chi connectivity index (χ2n) is 4.10. The van der Waals surface area contributed by atoms with Crippen LogP contribution in [0.1, 0.15) is 16.7 Å². The topological polar surface area (TPSA) is 23.8 Å². The first-order valence-corrected chi connectivity index (χ1v) is 6.75. The number of hydrogen-bond donors (Lipinski definition) is 0. The molecule has 3 heteroatoms. The van der Waals surface area contributed by atoms with Gasteiger partial charge in [-0.2, -0.15) is 5.26 Å². The Kier molecular flexibility index (Phi) is 3.96. The summed E-state index contributed by atoms with van der Waals surface area (Å²) in [5, 5.41) is 9.65. The van der Waals surface area contributed by atoms with E-state index in [0.29, 0.717) is 10.6 Å². The molecule has 1 nitrogen and oxygen atoms in total. The van der Waals surface area contributed by atoms with Gasteiger partial charge in [-0.1, -0.05) is 47.1 Å². The fourth-order valence-corrected chi connectivity index (χ4v) is 3.00. The quantitative estimate of drug-likeness (QED) is 0.770. The monoisotopic (exact) mass is 273 g/mol.